The third-order valence-electron chi connectivity index (χ3n) is 6.29. The first-order valence-corrected chi connectivity index (χ1v) is 11.8. The van der Waals surface area contributed by atoms with Crippen LogP contribution in [-0.4, -0.2) is 70.7 Å². The topological polar surface area (TPSA) is 66.3 Å². The summed E-state index contributed by atoms with van der Waals surface area (Å²) in [5.41, 5.74) is 2.29. The van der Waals surface area contributed by atoms with E-state index in [-0.39, 0.29) is 5.56 Å². The predicted octanol–water partition coefficient (Wildman–Crippen LogP) is 3.73. The van der Waals surface area contributed by atoms with E-state index in [1.807, 2.05) is 18.2 Å². The first kappa shape index (κ1) is 23.4. The molecule has 33 heavy (non-hydrogen) atoms. The van der Waals surface area contributed by atoms with Crippen molar-refractivity contribution in [2.75, 3.05) is 51.6 Å². The van der Waals surface area contributed by atoms with Crippen LogP contribution in [0.15, 0.2) is 41.8 Å². The van der Waals surface area contributed by atoms with Gasteiger partial charge >= 0.3 is 0 Å². The zero-order valence-corrected chi connectivity index (χ0v) is 20.1. The molecular formula is C25H31ClN6O. The molecule has 1 N–H and O–H groups in total. The summed E-state index contributed by atoms with van der Waals surface area (Å²) in [5.74, 6) is 0.526. The van der Waals surface area contributed by atoms with Gasteiger partial charge in [0.25, 0.3) is 5.56 Å². The molecule has 0 unspecified atom stereocenters. The Morgan fingerprint density at radius 3 is 2.64 bits per heavy atom. The first-order valence-electron chi connectivity index (χ1n) is 11.4. The minimum Gasteiger partial charge on any atom is -0.354 e. The number of fused-ring (bicyclic) bond motifs is 1. The molecule has 3 heterocycles. The predicted molar refractivity (Wildman–Crippen MR) is 137 cm³/mol. The summed E-state index contributed by atoms with van der Waals surface area (Å²) >= 11 is 6.40. The highest BCUT2D eigenvalue weighted by Gasteiger charge is 2.18. The minimum atomic E-state index is -0.165. The van der Waals surface area contributed by atoms with Crippen LogP contribution >= 0.6 is 11.6 Å². The van der Waals surface area contributed by atoms with Crippen LogP contribution in [-0.2, 0) is 7.05 Å². The van der Waals surface area contributed by atoms with E-state index >= 15 is 0 Å². The molecule has 0 radical (unpaired) electrons. The third-order valence-corrected chi connectivity index (χ3v) is 6.62. The van der Waals surface area contributed by atoms with Crippen LogP contribution in [0.2, 0.25) is 5.02 Å². The Labute approximate surface area is 199 Å². The lowest BCUT2D eigenvalue weighted by Gasteiger charge is -2.32. The van der Waals surface area contributed by atoms with E-state index in [0.717, 1.165) is 57.5 Å². The summed E-state index contributed by atoms with van der Waals surface area (Å²) < 4.78 is 1.56. The zero-order chi connectivity index (χ0) is 23.4. The zero-order valence-electron chi connectivity index (χ0n) is 19.4. The molecule has 0 spiro atoms. The molecule has 1 aromatic carbocycles. The molecule has 8 heteroatoms. The molecule has 1 aliphatic heterocycles. The van der Waals surface area contributed by atoms with Gasteiger partial charge in [0.2, 0.25) is 5.95 Å². The molecule has 1 aliphatic rings. The van der Waals surface area contributed by atoms with Crippen LogP contribution in [0.1, 0.15) is 18.4 Å². The first-order chi connectivity index (χ1) is 16.0. The maximum absolute atomic E-state index is 13.3. The normalized spacial score (nSPS) is 15.1. The largest absolute Gasteiger partial charge is 0.354 e. The van der Waals surface area contributed by atoms with Crippen LogP contribution in [0, 0.1) is 0 Å². The fourth-order valence-corrected chi connectivity index (χ4v) is 4.52. The molecule has 0 saturated carbocycles. The van der Waals surface area contributed by atoms with Crippen LogP contribution in [0.5, 0.6) is 0 Å². The Balaban J connectivity index is 1.49. The number of benzene rings is 1. The monoisotopic (exact) mass is 466 g/mol. The lowest BCUT2D eigenvalue weighted by atomic mass is 9.99. The van der Waals surface area contributed by atoms with E-state index in [1.54, 1.807) is 30.0 Å². The Morgan fingerprint density at radius 2 is 1.91 bits per heavy atom. The Hall–Kier alpha value is -2.74. The average molecular weight is 467 g/mol. The summed E-state index contributed by atoms with van der Waals surface area (Å²) in [6.07, 6.45) is 5.60. The van der Waals surface area contributed by atoms with Gasteiger partial charge in [-0.2, -0.15) is 4.98 Å². The van der Waals surface area contributed by atoms with Gasteiger partial charge in [-0.15, -0.1) is 0 Å². The fourth-order valence-electron chi connectivity index (χ4n) is 4.29. The van der Waals surface area contributed by atoms with Crippen LogP contribution in [0.4, 0.5) is 5.95 Å². The van der Waals surface area contributed by atoms with Gasteiger partial charge in [0, 0.05) is 61.9 Å². The molecule has 4 rings (SSSR count). The van der Waals surface area contributed by atoms with Gasteiger partial charge < -0.3 is 15.1 Å². The van der Waals surface area contributed by atoms with E-state index in [4.69, 9.17) is 11.6 Å². The summed E-state index contributed by atoms with van der Waals surface area (Å²) in [5, 5.41) is 4.60. The average Bonchev–Trinajstić information content (AvgIpc) is 2.83. The second-order valence-corrected chi connectivity index (χ2v) is 8.95. The molecule has 0 aliphatic carbocycles. The number of hydrogen-bond donors (Lipinski definition) is 1. The maximum atomic E-state index is 13.3. The van der Waals surface area contributed by atoms with Crippen molar-refractivity contribution in [3.05, 3.63) is 58.0 Å². The minimum absolute atomic E-state index is 0.165. The number of unbranched alkanes of at least 4 members (excludes halogenated alkanes) is 1. The smallest absolute Gasteiger partial charge is 0.260 e. The van der Waals surface area contributed by atoms with Crippen LogP contribution < -0.4 is 10.9 Å². The molecule has 1 fully saturated rings. The van der Waals surface area contributed by atoms with Crippen molar-refractivity contribution in [2.45, 2.75) is 12.8 Å². The number of nitrogens with zero attached hydrogens (tertiary/aromatic N) is 5. The quantitative estimate of drug-likeness (QED) is 0.510. The van der Waals surface area contributed by atoms with Gasteiger partial charge in [-0.1, -0.05) is 42.5 Å². The second-order valence-electron chi connectivity index (χ2n) is 8.55. The van der Waals surface area contributed by atoms with E-state index in [0.29, 0.717) is 33.3 Å². The number of halogens is 1. The Morgan fingerprint density at radius 1 is 1.15 bits per heavy atom. The molecule has 3 aromatic rings. The highest BCUT2D eigenvalue weighted by molar-refractivity contribution is 6.33. The molecule has 0 atom stereocenters. The van der Waals surface area contributed by atoms with Gasteiger partial charge in [-0.05, 0) is 38.1 Å². The van der Waals surface area contributed by atoms with Crippen LogP contribution in [0.25, 0.3) is 28.2 Å². The number of aryl methyl sites for hydroxylation is 1. The van der Waals surface area contributed by atoms with Gasteiger partial charge in [0.1, 0.15) is 5.65 Å². The summed E-state index contributed by atoms with van der Waals surface area (Å²) in [6, 6.07) is 7.33. The molecule has 0 bridgehead atoms. The van der Waals surface area contributed by atoms with Crippen molar-refractivity contribution in [2.24, 2.45) is 7.05 Å². The lowest BCUT2D eigenvalue weighted by molar-refractivity contribution is 0.152. The van der Waals surface area contributed by atoms with Gasteiger partial charge in [-0.3, -0.25) is 9.36 Å². The highest BCUT2D eigenvalue weighted by Crippen LogP contribution is 2.31. The van der Waals surface area contributed by atoms with Crippen molar-refractivity contribution in [3.63, 3.8) is 0 Å². The summed E-state index contributed by atoms with van der Waals surface area (Å²) in [6.45, 7) is 10.4. The van der Waals surface area contributed by atoms with Crippen molar-refractivity contribution in [1.82, 2.24) is 24.3 Å². The Kier molecular flexibility index (Phi) is 7.42. The number of pyridine rings is 1. The van der Waals surface area contributed by atoms with Gasteiger partial charge in [0.05, 0.1) is 5.56 Å². The van der Waals surface area contributed by atoms with E-state index in [1.165, 1.54) is 0 Å². The molecule has 1 saturated heterocycles. The molecule has 7 nitrogen and oxygen atoms in total. The number of anilines is 1. The number of piperazine rings is 1. The van der Waals surface area contributed by atoms with Gasteiger partial charge in [-0.25, -0.2) is 4.98 Å². The van der Waals surface area contributed by atoms with E-state index < -0.39 is 0 Å². The molecule has 2 aromatic heterocycles. The SMILES string of the molecule is C=Cc1c(-c2ccccc2Cl)c(=O)n(C)c2nc(NCCCCN3CCN(C)CC3)ncc12. The van der Waals surface area contributed by atoms with Gasteiger partial charge in [0.15, 0.2) is 0 Å². The lowest BCUT2D eigenvalue weighted by Crippen LogP contribution is -2.44. The second kappa shape index (κ2) is 10.5. The summed E-state index contributed by atoms with van der Waals surface area (Å²) in [4.78, 5) is 27.3. The Bertz CT molecular complexity index is 1200. The number of nitrogens with one attached hydrogen (secondary N) is 1. The summed E-state index contributed by atoms with van der Waals surface area (Å²) in [7, 11) is 3.90. The highest BCUT2D eigenvalue weighted by atomic mass is 35.5. The number of hydrogen-bond acceptors (Lipinski definition) is 6. The molecule has 174 valence electrons. The van der Waals surface area contributed by atoms with E-state index in [2.05, 4.69) is 38.7 Å². The number of rotatable bonds is 8. The van der Waals surface area contributed by atoms with Crippen molar-refractivity contribution < 1.29 is 0 Å². The van der Waals surface area contributed by atoms with Crippen molar-refractivity contribution in [3.8, 4) is 11.1 Å². The van der Waals surface area contributed by atoms with Crippen molar-refractivity contribution in [1.29, 1.82) is 0 Å². The molecular weight excluding hydrogens is 436 g/mol. The maximum Gasteiger partial charge on any atom is 0.260 e. The van der Waals surface area contributed by atoms with Crippen LogP contribution in [0.3, 0.4) is 0 Å². The molecule has 0 amide bonds. The third kappa shape index (κ3) is 5.11. The number of aromatic nitrogens is 3. The fraction of sp³-hybridized carbons (Fsp3) is 0.400. The number of likely N-dealkylation sites (N-methyl/N-ethyl adjacent to an activating group) is 1. The van der Waals surface area contributed by atoms with Crippen molar-refractivity contribution >= 4 is 34.7 Å². The van der Waals surface area contributed by atoms with E-state index in [9.17, 15) is 4.79 Å². The standard InChI is InChI=1S/C25H31ClN6O/c1-4-18-20-17-28-25(27-11-7-8-12-32-15-13-30(2)14-16-32)29-23(20)31(3)24(33)22(18)19-9-5-6-10-21(19)26/h4-6,9-10,17H,1,7-8,11-16H2,2-3H3,(H,27,28,29).